The summed E-state index contributed by atoms with van der Waals surface area (Å²) in [5, 5.41) is 11.7. The van der Waals surface area contributed by atoms with Gasteiger partial charge in [-0.1, -0.05) is 43.0 Å². The molecule has 0 saturated carbocycles. The molecule has 0 aliphatic carbocycles. The van der Waals surface area contributed by atoms with Crippen molar-refractivity contribution in [2.75, 3.05) is 17.8 Å². The number of methoxy groups -OCH3 is 1. The lowest BCUT2D eigenvalue weighted by molar-refractivity contribution is -0.117. The minimum Gasteiger partial charge on any atom is -0.497 e. The van der Waals surface area contributed by atoms with Crippen LogP contribution in [0.4, 0.5) is 5.69 Å². The van der Waals surface area contributed by atoms with Crippen molar-refractivity contribution in [3.8, 4) is 22.1 Å². The molecule has 35 heavy (non-hydrogen) atoms. The first-order valence-electron chi connectivity index (χ1n) is 11.6. The molecule has 1 amide bonds. The summed E-state index contributed by atoms with van der Waals surface area (Å²) in [6.45, 7) is 6.49. The number of nitrogens with zero attached hydrogens (tertiary/aromatic N) is 4. The number of aromatic nitrogens is 3. The van der Waals surface area contributed by atoms with Gasteiger partial charge in [-0.3, -0.25) is 9.36 Å². The minimum atomic E-state index is -0.298. The Hall–Kier alpha value is -3.10. The van der Waals surface area contributed by atoms with Gasteiger partial charge in [0.1, 0.15) is 5.75 Å². The molecule has 8 heteroatoms. The summed E-state index contributed by atoms with van der Waals surface area (Å²) < 4.78 is 7.48. The summed E-state index contributed by atoms with van der Waals surface area (Å²) in [6, 6.07) is 20.1. The topological polar surface area (TPSA) is 60.2 Å². The molecule has 0 bridgehead atoms. The van der Waals surface area contributed by atoms with Crippen LogP contribution < -0.4 is 9.64 Å². The van der Waals surface area contributed by atoms with Crippen molar-refractivity contribution in [2.45, 2.75) is 43.8 Å². The zero-order valence-electron chi connectivity index (χ0n) is 20.3. The van der Waals surface area contributed by atoms with Crippen molar-refractivity contribution >= 4 is 34.7 Å². The van der Waals surface area contributed by atoms with Crippen LogP contribution in [0.25, 0.3) is 16.4 Å². The van der Waals surface area contributed by atoms with Gasteiger partial charge >= 0.3 is 0 Å². The molecule has 1 aliphatic rings. The Balaban J connectivity index is 1.46. The largest absolute Gasteiger partial charge is 0.497 e. The summed E-state index contributed by atoms with van der Waals surface area (Å²) in [4.78, 5) is 16.7. The third-order valence-electron chi connectivity index (χ3n) is 6.38. The number of carbonyl (C=O) groups is 1. The maximum absolute atomic E-state index is 13.7. The lowest BCUT2D eigenvalue weighted by Gasteiger charge is -2.46. The molecule has 2 aromatic heterocycles. The molecule has 0 spiro atoms. The number of hydrogen-bond acceptors (Lipinski definition) is 6. The molecule has 1 atom stereocenters. The molecule has 5 rings (SSSR count). The van der Waals surface area contributed by atoms with E-state index in [2.05, 4.69) is 37.0 Å². The molecular weight excluding hydrogens is 476 g/mol. The summed E-state index contributed by atoms with van der Waals surface area (Å²) in [5.74, 6) is 2.25. The fourth-order valence-corrected chi connectivity index (χ4v) is 6.44. The van der Waals surface area contributed by atoms with Gasteiger partial charge in [-0.15, -0.1) is 21.5 Å². The van der Waals surface area contributed by atoms with Gasteiger partial charge in [-0.2, -0.15) is 0 Å². The highest BCUT2D eigenvalue weighted by Crippen LogP contribution is 2.45. The number of anilines is 1. The number of thioether (sulfide) groups is 1. The maximum Gasteiger partial charge on any atom is 0.237 e. The summed E-state index contributed by atoms with van der Waals surface area (Å²) >= 11 is 3.05. The van der Waals surface area contributed by atoms with E-state index in [1.165, 1.54) is 11.8 Å². The van der Waals surface area contributed by atoms with E-state index < -0.39 is 0 Å². The molecule has 0 radical (unpaired) electrons. The zero-order chi connectivity index (χ0) is 24.6. The normalized spacial score (nSPS) is 16.7. The molecule has 4 aromatic rings. The standard InChI is InChI=1S/C27H28N4O2S2/c1-18-16-27(2,3)31(22-13-12-20(33-4)15-21(18)22)24(32)17-35-26-29-28-25(23-11-8-14-34-23)30(26)19-9-6-5-7-10-19/h5-15,18H,16-17H2,1-4H3/t18-/m1/s1. The van der Waals surface area contributed by atoms with Crippen LogP contribution in [0.1, 0.15) is 38.7 Å². The number of benzene rings is 2. The van der Waals surface area contributed by atoms with Crippen LogP contribution in [0, 0.1) is 0 Å². The summed E-state index contributed by atoms with van der Waals surface area (Å²) in [6.07, 6.45) is 0.881. The fourth-order valence-electron chi connectivity index (χ4n) is 4.94. The van der Waals surface area contributed by atoms with Crippen LogP contribution in [0.3, 0.4) is 0 Å². The monoisotopic (exact) mass is 504 g/mol. The highest BCUT2D eigenvalue weighted by molar-refractivity contribution is 7.99. The third kappa shape index (κ3) is 4.48. The molecule has 2 aromatic carbocycles. The van der Waals surface area contributed by atoms with Crippen LogP contribution in [0.2, 0.25) is 0 Å². The van der Waals surface area contributed by atoms with Crippen LogP contribution in [0.5, 0.6) is 5.75 Å². The van der Waals surface area contributed by atoms with Crippen molar-refractivity contribution in [3.63, 3.8) is 0 Å². The van der Waals surface area contributed by atoms with Crippen LogP contribution in [0.15, 0.2) is 71.2 Å². The Labute approximate surface area is 214 Å². The Bertz CT molecular complexity index is 1330. The SMILES string of the molecule is COc1ccc2c(c1)[C@H](C)CC(C)(C)N2C(=O)CSc1nnc(-c2cccs2)n1-c1ccccc1. The van der Waals surface area contributed by atoms with E-state index >= 15 is 0 Å². The fraction of sp³-hybridized carbons (Fsp3) is 0.296. The van der Waals surface area contributed by atoms with E-state index in [4.69, 9.17) is 4.74 Å². The van der Waals surface area contributed by atoms with E-state index in [0.717, 1.165) is 39.8 Å². The van der Waals surface area contributed by atoms with Gasteiger partial charge in [0.2, 0.25) is 5.91 Å². The van der Waals surface area contributed by atoms with Crippen LogP contribution >= 0.6 is 23.1 Å². The van der Waals surface area contributed by atoms with E-state index in [-0.39, 0.29) is 17.2 Å². The third-order valence-corrected chi connectivity index (χ3v) is 8.16. The van der Waals surface area contributed by atoms with Gasteiger partial charge in [0.25, 0.3) is 0 Å². The van der Waals surface area contributed by atoms with Crippen LogP contribution in [-0.4, -0.2) is 39.1 Å². The number of ether oxygens (including phenoxy) is 1. The van der Waals surface area contributed by atoms with Crippen LogP contribution in [-0.2, 0) is 4.79 Å². The van der Waals surface area contributed by atoms with Gasteiger partial charge in [-0.25, -0.2) is 0 Å². The number of carbonyl (C=O) groups excluding carboxylic acids is 1. The molecule has 0 unspecified atom stereocenters. The maximum atomic E-state index is 13.7. The molecule has 180 valence electrons. The first kappa shape index (κ1) is 23.6. The number of para-hydroxylation sites is 1. The molecular formula is C27H28N4O2S2. The lowest BCUT2D eigenvalue weighted by Crippen LogP contribution is -2.52. The second-order valence-corrected chi connectivity index (χ2v) is 11.2. The Kier molecular flexibility index (Phi) is 6.42. The molecule has 1 aliphatic heterocycles. The number of amides is 1. The van der Waals surface area contributed by atoms with Gasteiger partial charge in [0, 0.05) is 16.9 Å². The average molecular weight is 505 g/mol. The van der Waals surface area contributed by atoms with Crippen molar-refractivity contribution in [3.05, 3.63) is 71.6 Å². The van der Waals surface area contributed by atoms with Crippen molar-refractivity contribution < 1.29 is 9.53 Å². The van der Waals surface area contributed by atoms with Crippen molar-refractivity contribution in [1.29, 1.82) is 0 Å². The van der Waals surface area contributed by atoms with Gasteiger partial charge in [-0.05, 0) is 73.5 Å². The number of thiophene rings is 1. The second-order valence-electron chi connectivity index (χ2n) is 9.31. The van der Waals surface area contributed by atoms with E-state index in [0.29, 0.717) is 11.1 Å². The Morgan fingerprint density at radius 2 is 1.94 bits per heavy atom. The van der Waals surface area contributed by atoms with Crippen molar-refractivity contribution in [2.24, 2.45) is 0 Å². The number of rotatable bonds is 6. The van der Waals surface area contributed by atoms with E-state index in [1.807, 2.05) is 69.4 Å². The quantitative estimate of drug-likeness (QED) is 0.284. The molecule has 0 fully saturated rings. The first-order valence-corrected chi connectivity index (χ1v) is 13.4. The van der Waals surface area contributed by atoms with Crippen molar-refractivity contribution in [1.82, 2.24) is 14.8 Å². The van der Waals surface area contributed by atoms with E-state index in [1.54, 1.807) is 18.4 Å². The zero-order valence-corrected chi connectivity index (χ0v) is 21.9. The minimum absolute atomic E-state index is 0.0543. The Morgan fingerprint density at radius 3 is 2.66 bits per heavy atom. The predicted molar refractivity (Wildman–Crippen MR) is 143 cm³/mol. The average Bonchev–Trinajstić information content (AvgIpc) is 3.52. The lowest BCUT2D eigenvalue weighted by atomic mass is 9.80. The van der Waals surface area contributed by atoms with Gasteiger partial charge < -0.3 is 9.64 Å². The van der Waals surface area contributed by atoms with Gasteiger partial charge in [0.15, 0.2) is 11.0 Å². The summed E-state index contributed by atoms with van der Waals surface area (Å²) in [5.41, 5.74) is 2.78. The highest BCUT2D eigenvalue weighted by atomic mass is 32.2. The van der Waals surface area contributed by atoms with E-state index in [9.17, 15) is 4.79 Å². The summed E-state index contributed by atoms with van der Waals surface area (Å²) in [7, 11) is 1.67. The molecule has 3 heterocycles. The Morgan fingerprint density at radius 1 is 1.14 bits per heavy atom. The molecule has 6 nitrogen and oxygen atoms in total. The number of hydrogen-bond donors (Lipinski definition) is 0. The first-order chi connectivity index (χ1) is 16.9. The predicted octanol–water partition coefficient (Wildman–Crippen LogP) is 6.42. The highest BCUT2D eigenvalue weighted by Gasteiger charge is 2.40. The van der Waals surface area contributed by atoms with Gasteiger partial charge in [0.05, 0.1) is 17.7 Å². The number of fused-ring (bicyclic) bond motifs is 1. The molecule has 0 saturated heterocycles. The second kappa shape index (κ2) is 9.51. The molecule has 0 N–H and O–H groups in total. The smallest absolute Gasteiger partial charge is 0.237 e.